The fourth-order valence-electron chi connectivity index (χ4n) is 2.97. The van der Waals surface area contributed by atoms with Crippen LogP contribution < -0.4 is 5.32 Å². The molecule has 1 aromatic carbocycles. The molecule has 0 spiro atoms. The Labute approximate surface area is 121 Å². The van der Waals surface area contributed by atoms with Crippen LogP contribution in [0.15, 0.2) is 12.1 Å². The van der Waals surface area contributed by atoms with Crippen LogP contribution in [0, 0.1) is 5.92 Å². The predicted molar refractivity (Wildman–Crippen MR) is 81.9 cm³/mol. The van der Waals surface area contributed by atoms with Crippen molar-refractivity contribution in [1.82, 2.24) is 0 Å². The summed E-state index contributed by atoms with van der Waals surface area (Å²) in [5, 5.41) is 13.4. The molecule has 3 nitrogen and oxygen atoms in total. The van der Waals surface area contributed by atoms with Gasteiger partial charge in [-0.1, -0.05) is 39.8 Å². The van der Waals surface area contributed by atoms with Crippen LogP contribution in [0.2, 0.25) is 0 Å². The summed E-state index contributed by atoms with van der Waals surface area (Å²) in [6.07, 6.45) is 1.92. The second kappa shape index (κ2) is 5.96. The van der Waals surface area contributed by atoms with Crippen molar-refractivity contribution in [3.8, 4) is 0 Å². The topological polar surface area (TPSA) is 49.3 Å². The first kappa shape index (κ1) is 15.0. The van der Waals surface area contributed by atoms with E-state index >= 15 is 0 Å². The lowest BCUT2D eigenvalue weighted by atomic mass is 9.90. The van der Waals surface area contributed by atoms with Gasteiger partial charge in [0.15, 0.2) is 0 Å². The van der Waals surface area contributed by atoms with Crippen molar-refractivity contribution in [2.45, 2.75) is 59.0 Å². The first-order chi connectivity index (χ1) is 9.47. The predicted octanol–water partition coefficient (Wildman–Crippen LogP) is 3.77. The van der Waals surface area contributed by atoms with E-state index in [0.29, 0.717) is 12.3 Å². The molecule has 20 heavy (non-hydrogen) atoms. The van der Waals surface area contributed by atoms with Crippen molar-refractivity contribution in [3.63, 3.8) is 0 Å². The van der Waals surface area contributed by atoms with Crippen LogP contribution in [0.25, 0.3) is 0 Å². The van der Waals surface area contributed by atoms with Crippen LogP contribution >= 0.6 is 0 Å². The van der Waals surface area contributed by atoms with Gasteiger partial charge in [0, 0.05) is 5.56 Å². The highest BCUT2D eigenvalue weighted by Crippen LogP contribution is 2.41. The number of carbonyl (C=O) groups is 1. The number of aliphatic hydroxyl groups is 1. The van der Waals surface area contributed by atoms with Crippen molar-refractivity contribution in [2.75, 3.05) is 5.32 Å². The largest absolute Gasteiger partial charge is 0.388 e. The minimum absolute atomic E-state index is 0.0637. The third-order valence-corrected chi connectivity index (χ3v) is 4.07. The van der Waals surface area contributed by atoms with E-state index in [4.69, 9.17) is 0 Å². The molecule has 0 fully saturated rings. The lowest BCUT2D eigenvalue weighted by Gasteiger charge is -2.18. The Bertz CT molecular complexity index is 508. The van der Waals surface area contributed by atoms with Gasteiger partial charge in [-0.2, -0.15) is 0 Å². The third-order valence-electron chi connectivity index (χ3n) is 4.07. The molecular formula is C17H25NO2. The molecule has 0 radical (unpaired) electrons. The van der Waals surface area contributed by atoms with Gasteiger partial charge < -0.3 is 10.4 Å². The van der Waals surface area contributed by atoms with Gasteiger partial charge in [-0.15, -0.1) is 0 Å². The summed E-state index contributed by atoms with van der Waals surface area (Å²) in [7, 11) is 0. The zero-order valence-corrected chi connectivity index (χ0v) is 12.9. The van der Waals surface area contributed by atoms with Gasteiger partial charge in [0.2, 0.25) is 5.91 Å². The van der Waals surface area contributed by atoms with E-state index in [2.05, 4.69) is 32.2 Å². The number of fused-ring (bicyclic) bond motifs is 1. The third kappa shape index (κ3) is 2.73. The van der Waals surface area contributed by atoms with Crippen LogP contribution in [0.3, 0.4) is 0 Å². The quantitative estimate of drug-likeness (QED) is 0.859. The molecule has 0 aliphatic carbocycles. The lowest BCUT2D eigenvalue weighted by molar-refractivity contribution is -0.117. The van der Waals surface area contributed by atoms with Gasteiger partial charge in [0.1, 0.15) is 0 Å². The summed E-state index contributed by atoms with van der Waals surface area (Å²) in [4.78, 5) is 12.1. The Morgan fingerprint density at radius 2 is 2.00 bits per heavy atom. The monoisotopic (exact) mass is 275 g/mol. The van der Waals surface area contributed by atoms with Gasteiger partial charge in [0.05, 0.1) is 17.7 Å². The maximum atomic E-state index is 12.1. The van der Waals surface area contributed by atoms with Crippen molar-refractivity contribution >= 4 is 11.6 Å². The molecule has 2 atom stereocenters. The molecule has 1 aliphatic heterocycles. The van der Waals surface area contributed by atoms with Gasteiger partial charge in [0.25, 0.3) is 0 Å². The highest BCUT2D eigenvalue weighted by molar-refractivity contribution is 6.03. The van der Waals surface area contributed by atoms with Gasteiger partial charge in [-0.05, 0) is 36.3 Å². The van der Waals surface area contributed by atoms with E-state index in [1.165, 1.54) is 5.56 Å². The highest BCUT2D eigenvalue weighted by atomic mass is 16.3. The molecule has 2 unspecified atom stereocenters. The minimum atomic E-state index is -0.508. The number of rotatable bonds is 5. The summed E-state index contributed by atoms with van der Waals surface area (Å²) in [5.41, 5.74) is 4.00. The summed E-state index contributed by atoms with van der Waals surface area (Å²) in [5.74, 6) is 0.417. The molecular weight excluding hydrogens is 250 g/mol. The highest BCUT2D eigenvalue weighted by Gasteiger charge is 2.32. The van der Waals surface area contributed by atoms with Crippen LogP contribution in [0.4, 0.5) is 5.69 Å². The molecule has 2 N–H and O–H groups in total. The molecule has 0 bridgehead atoms. The van der Waals surface area contributed by atoms with E-state index in [0.717, 1.165) is 29.7 Å². The van der Waals surface area contributed by atoms with Crippen LogP contribution in [-0.2, 0) is 11.2 Å². The zero-order chi connectivity index (χ0) is 14.9. The van der Waals surface area contributed by atoms with Crippen LogP contribution in [0.1, 0.15) is 69.2 Å². The Morgan fingerprint density at radius 1 is 1.30 bits per heavy atom. The zero-order valence-electron chi connectivity index (χ0n) is 12.9. The minimum Gasteiger partial charge on any atom is -0.388 e. The number of hydrogen-bond acceptors (Lipinski definition) is 2. The van der Waals surface area contributed by atoms with E-state index in [9.17, 15) is 9.90 Å². The molecule has 1 aromatic rings. The first-order valence-electron chi connectivity index (χ1n) is 7.63. The van der Waals surface area contributed by atoms with Gasteiger partial charge in [-0.25, -0.2) is 0 Å². The number of hydrogen-bond donors (Lipinski definition) is 2. The number of aryl methyl sites for hydroxylation is 1. The van der Waals surface area contributed by atoms with E-state index < -0.39 is 6.10 Å². The van der Waals surface area contributed by atoms with Gasteiger partial charge >= 0.3 is 0 Å². The van der Waals surface area contributed by atoms with Crippen molar-refractivity contribution in [1.29, 1.82) is 0 Å². The first-order valence-corrected chi connectivity index (χ1v) is 7.63. The number of amides is 1. The molecule has 0 aromatic heterocycles. The van der Waals surface area contributed by atoms with Crippen molar-refractivity contribution in [2.24, 2.45) is 5.92 Å². The lowest BCUT2D eigenvalue weighted by Crippen LogP contribution is -2.11. The number of carbonyl (C=O) groups excluding carboxylic acids is 1. The Hall–Kier alpha value is -1.35. The van der Waals surface area contributed by atoms with E-state index in [1.807, 2.05) is 13.0 Å². The maximum Gasteiger partial charge on any atom is 0.232 e. The number of nitrogens with one attached hydrogen (secondary N) is 1. The van der Waals surface area contributed by atoms with E-state index in [1.54, 1.807) is 0 Å². The van der Waals surface area contributed by atoms with Crippen molar-refractivity contribution in [3.05, 3.63) is 28.8 Å². The molecule has 1 aliphatic rings. The molecule has 1 heterocycles. The molecule has 0 saturated heterocycles. The second-order valence-electron chi connectivity index (χ2n) is 6.10. The second-order valence-corrected chi connectivity index (χ2v) is 6.10. The fraction of sp³-hybridized carbons (Fsp3) is 0.588. The standard InChI is InChI=1S/C17H25NO2/c1-5-11-8-13-12(6-2)17(20)18-16(13)14(9-11)15(19)7-10(3)4/h8-10,12,15,19H,5-7H2,1-4H3,(H,18,20). The molecule has 3 heteroatoms. The fourth-order valence-corrected chi connectivity index (χ4v) is 2.97. The average molecular weight is 275 g/mol. The molecule has 2 rings (SSSR count). The van der Waals surface area contributed by atoms with Gasteiger partial charge in [-0.3, -0.25) is 4.79 Å². The molecule has 1 amide bonds. The Balaban J connectivity index is 2.48. The summed E-state index contributed by atoms with van der Waals surface area (Å²) in [6, 6.07) is 4.16. The Morgan fingerprint density at radius 3 is 2.55 bits per heavy atom. The average Bonchev–Trinajstić information content (AvgIpc) is 2.71. The SMILES string of the molecule is CCc1cc(C(O)CC(C)C)c2c(c1)C(CC)C(=O)N2. The summed E-state index contributed by atoms with van der Waals surface area (Å²) >= 11 is 0. The van der Waals surface area contributed by atoms with Crippen LogP contribution in [0.5, 0.6) is 0 Å². The van der Waals surface area contributed by atoms with Crippen LogP contribution in [-0.4, -0.2) is 11.0 Å². The van der Waals surface area contributed by atoms with Crippen molar-refractivity contribution < 1.29 is 9.90 Å². The maximum absolute atomic E-state index is 12.1. The normalized spacial score (nSPS) is 19.1. The molecule has 110 valence electrons. The smallest absolute Gasteiger partial charge is 0.232 e. The number of aliphatic hydroxyl groups excluding tert-OH is 1. The molecule has 0 saturated carbocycles. The number of benzene rings is 1. The Kier molecular flexibility index (Phi) is 4.48. The summed E-state index contributed by atoms with van der Waals surface area (Å²) < 4.78 is 0. The number of anilines is 1. The van der Waals surface area contributed by atoms with E-state index in [-0.39, 0.29) is 11.8 Å². The summed E-state index contributed by atoms with van der Waals surface area (Å²) in [6.45, 7) is 8.33.